The highest BCUT2D eigenvalue weighted by atomic mass is 31.2. The summed E-state index contributed by atoms with van der Waals surface area (Å²) in [5.41, 5.74) is 0. The summed E-state index contributed by atoms with van der Waals surface area (Å²) in [7, 11) is -2.76. The van der Waals surface area contributed by atoms with Crippen LogP contribution < -0.4 is 15.7 Å². The second-order valence-corrected chi connectivity index (χ2v) is 8.27. The van der Waals surface area contributed by atoms with Gasteiger partial charge in [0, 0.05) is 16.7 Å². The molecule has 21 heavy (non-hydrogen) atoms. The van der Waals surface area contributed by atoms with Gasteiger partial charge in [-0.1, -0.05) is 43.3 Å². The van der Waals surface area contributed by atoms with E-state index in [1.54, 1.807) is 0 Å². The van der Waals surface area contributed by atoms with Crippen LogP contribution in [0.2, 0.25) is 0 Å². The molecule has 1 saturated carbocycles. The highest BCUT2D eigenvalue weighted by Gasteiger charge is 2.36. The zero-order valence-electron chi connectivity index (χ0n) is 12.4. The summed E-state index contributed by atoms with van der Waals surface area (Å²) in [6.45, 7) is 2.18. The number of rotatable bonds is 6. The summed E-state index contributed by atoms with van der Waals surface area (Å²) in [5, 5.41) is 5.33. The van der Waals surface area contributed by atoms with Crippen LogP contribution in [0.4, 0.5) is 0 Å². The molecule has 1 N–H and O–H groups in total. The van der Waals surface area contributed by atoms with E-state index in [0.717, 1.165) is 17.0 Å². The third kappa shape index (κ3) is 3.12. The average molecular weight is 299 g/mol. The molecule has 0 aliphatic heterocycles. The van der Waals surface area contributed by atoms with Crippen molar-refractivity contribution < 1.29 is 4.57 Å². The molecule has 0 bridgehead atoms. The van der Waals surface area contributed by atoms with Gasteiger partial charge in [0.2, 0.25) is 7.29 Å². The van der Waals surface area contributed by atoms with E-state index in [9.17, 15) is 4.57 Å². The minimum Gasteiger partial charge on any atom is -0.297 e. The van der Waals surface area contributed by atoms with Gasteiger partial charge in [-0.2, -0.15) is 0 Å². The van der Waals surface area contributed by atoms with Crippen LogP contribution in [-0.2, 0) is 4.57 Å². The SMILES string of the molecule is CC[C@H](NP(=O)(c1ccccc1)c1ccccc1)C1CC1. The largest absolute Gasteiger partial charge is 0.297 e. The second kappa shape index (κ2) is 6.17. The molecule has 2 nitrogen and oxygen atoms in total. The summed E-state index contributed by atoms with van der Waals surface area (Å²) >= 11 is 0. The lowest BCUT2D eigenvalue weighted by molar-refractivity contribution is 0.510. The van der Waals surface area contributed by atoms with Gasteiger partial charge in [-0.15, -0.1) is 0 Å². The zero-order chi connectivity index (χ0) is 14.7. The molecule has 1 aliphatic rings. The Kier molecular flexibility index (Phi) is 4.28. The van der Waals surface area contributed by atoms with Crippen molar-refractivity contribution in [2.45, 2.75) is 32.2 Å². The van der Waals surface area contributed by atoms with Crippen molar-refractivity contribution in [3.8, 4) is 0 Å². The van der Waals surface area contributed by atoms with E-state index in [2.05, 4.69) is 12.0 Å². The lowest BCUT2D eigenvalue weighted by Gasteiger charge is -2.26. The Morgan fingerprint density at radius 3 is 1.86 bits per heavy atom. The maximum Gasteiger partial charge on any atom is 0.204 e. The Balaban J connectivity index is 2.00. The van der Waals surface area contributed by atoms with E-state index >= 15 is 0 Å². The van der Waals surface area contributed by atoms with Gasteiger partial charge < -0.3 is 0 Å². The first kappa shape index (κ1) is 14.6. The fraction of sp³-hybridized carbons (Fsp3) is 0.333. The molecule has 110 valence electrons. The van der Waals surface area contributed by atoms with Gasteiger partial charge in [0.1, 0.15) is 0 Å². The Morgan fingerprint density at radius 2 is 1.48 bits per heavy atom. The highest BCUT2D eigenvalue weighted by Crippen LogP contribution is 2.44. The Labute approximate surface area is 127 Å². The van der Waals surface area contributed by atoms with Crippen LogP contribution in [0.3, 0.4) is 0 Å². The summed E-state index contributed by atoms with van der Waals surface area (Å²) in [6, 6.07) is 20.0. The van der Waals surface area contributed by atoms with E-state index < -0.39 is 7.29 Å². The molecule has 3 heteroatoms. The monoisotopic (exact) mass is 299 g/mol. The van der Waals surface area contributed by atoms with Gasteiger partial charge in [0.25, 0.3) is 0 Å². The molecule has 1 atom stereocenters. The fourth-order valence-corrected chi connectivity index (χ4v) is 5.48. The van der Waals surface area contributed by atoms with Crippen LogP contribution in [0, 0.1) is 5.92 Å². The van der Waals surface area contributed by atoms with E-state index in [0.29, 0.717) is 12.0 Å². The molecule has 0 unspecified atom stereocenters. The topological polar surface area (TPSA) is 29.1 Å². The predicted molar refractivity (Wildman–Crippen MR) is 89.7 cm³/mol. The first-order valence-electron chi connectivity index (χ1n) is 7.73. The summed E-state index contributed by atoms with van der Waals surface area (Å²) < 4.78 is 13.8. The summed E-state index contributed by atoms with van der Waals surface area (Å²) in [5.74, 6) is 0.691. The molecule has 2 aromatic carbocycles. The van der Waals surface area contributed by atoms with Crippen molar-refractivity contribution in [3.63, 3.8) is 0 Å². The van der Waals surface area contributed by atoms with Gasteiger partial charge in [0.15, 0.2) is 0 Å². The molecule has 1 aliphatic carbocycles. The molecular weight excluding hydrogens is 277 g/mol. The summed E-state index contributed by atoms with van der Waals surface area (Å²) in [4.78, 5) is 0. The molecular formula is C18H22NOP. The number of hydrogen-bond acceptors (Lipinski definition) is 1. The second-order valence-electron chi connectivity index (χ2n) is 5.76. The van der Waals surface area contributed by atoms with E-state index in [1.165, 1.54) is 12.8 Å². The Morgan fingerprint density at radius 1 is 1.00 bits per heavy atom. The number of nitrogens with one attached hydrogen (secondary N) is 1. The average Bonchev–Trinajstić information content (AvgIpc) is 3.39. The maximum absolute atomic E-state index is 13.8. The minimum atomic E-state index is -2.76. The lowest BCUT2D eigenvalue weighted by atomic mass is 10.1. The van der Waals surface area contributed by atoms with Crippen molar-refractivity contribution in [2.24, 2.45) is 5.92 Å². The molecule has 2 aromatic rings. The van der Waals surface area contributed by atoms with Crippen molar-refractivity contribution in [3.05, 3.63) is 60.7 Å². The van der Waals surface area contributed by atoms with E-state index in [1.807, 2.05) is 60.7 Å². The standard InChI is InChI=1S/C18H22NOP/c1-2-18(15-13-14-15)19-21(20,16-9-5-3-6-10-16)17-11-7-4-8-12-17/h3-12,15,18H,2,13-14H2,1H3,(H,19,20)/t18-/m0/s1. The van der Waals surface area contributed by atoms with Crippen LogP contribution in [-0.4, -0.2) is 6.04 Å². The van der Waals surface area contributed by atoms with Gasteiger partial charge in [-0.05, 0) is 49.4 Å². The zero-order valence-corrected chi connectivity index (χ0v) is 13.3. The van der Waals surface area contributed by atoms with Crippen LogP contribution >= 0.6 is 7.29 Å². The van der Waals surface area contributed by atoms with Crippen LogP contribution in [0.25, 0.3) is 0 Å². The molecule has 0 amide bonds. The van der Waals surface area contributed by atoms with Gasteiger partial charge in [-0.3, -0.25) is 9.65 Å². The predicted octanol–water partition coefficient (Wildman–Crippen LogP) is 3.69. The molecule has 3 rings (SSSR count). The van der Waals surface area contributed by atoms with Crippen molar-refractivity contribution in [2.75, 3.05) is 0 Å². The van der Waals surface area contributed by atoms with Gasteiger partial charge >= 0.3 is 0 Å². The van der Waals surface area contributed by atoms with Gasteiger partial charge in [0.05, 0.1) is 0 Å². The van der Waals surface area contributed by atoms with E-state index in [4.69, 9.17) is 0 Å². The normalized spacial score (nSPS) is 16.6. The smallest absolute Gasteiger partial charge is 0.204 e. The van der Waals surface area contributed by atoms with Crippen LogP contribution in [0.5, 0.6) is 0 Å². The molecule has 0 aromatic heterocycles. The molecule has 0 heterocycles. The lowest BCUT2D eigenvalue weighted by Crippen LogP contribution is -2.36. The molecule has 0 saturated heterocycles. The highest BCUT2D eigenvalue weighted by molar-refractivity contribution is 7.76. The first-order chi connectivity index (χ1) is 10.2. The first-order valence-corrected chi connectivity index (χ1v) is 9.44. The van der Waals surface area contributed by atoms with E-state index in [-0.39, 0.29) is 0 Å². The van der Waals surface area contributed by atoms with Crippen LogP contribution in [0.15, 0.2) is 60.7 Å². The number of hydrogen-bond donors (Lipinski definition) is 1. The summed E-state index contributed by atoms with van der Waals surface area (Å²) in [6.07, 6.45) is 3.54. The molecule has 0 spiro atoms. The Hall–Kier alpha value is -1.37. The fourth-order valence-electron chi connectivity index (χ4n) is 2.84. The molecule has 1 fully saturated rings. The van der Waals surface area contributed by atoms with Crippen molar-refractivity contribution in [1.82, 2.24) is 5.09 Å². The maximum atomic E-state index is 13.8. The molecule has 0 radical (unpaired) electrons. The third-order valence-electron chi connectivity index (χ3n) is 4.22. The van der Waals surface area contributed by atoms with Crippen molar-refractivity contribution >= 4 is 17.9 Å². The van der Waals surface area contributed by atoms with Crippen LogP contribution in [0.1, 0.15) is 26.2 Å². The Bertz CT molecular complexity index is 579. The third-order valence-corrected chi connectivity index (χ3v) is 6.96. The minimum absolute atomic E-state index is 0.344. The van der Waals surface area contributed by atoms with Gasteiger partial charge in [-0.25, -0.2) is 0 Å². The number of benzene rings is 2. The van der Waals surface area contributed by atoms with Crippen molar-refractivity contribution in [1.29, 1.82) is 0 Å². The quantitative estimate of drug-likeness (QED) is 0.824.